The lowest BCUT2D eigenvalue weighted by atomic mass is 9.85. The summed E-state index contributed by atoms with van der Waals surface area (Å²) in [5, 5.41) is 9.45. The molecule has 0 saturated heterocycles. The van der Waals surface area contributed by atoms with Crippen molar-refractivity contribution in [2.24, 2.45) is 10.9 Å². The molecule has 2 aromatic carbocycles. The molecule has 0 spiro atoms. The number of amides is 1. The fourth-order valence-corrected chi connectivity index (χ4v) is 3.13. The Kier molecular flexibility index (Phi) is 10.0. The summed E-state index contributed by atoms with van der Waals surface area (Å²) in [7, 11) is 1.70. The smallest absolute Gasteiger partial charge is 0.227 e. The highest BCUT2D eigenvalue weighted by Crippen LogP contribution is 2.27. The van der Waals surface area contributed by atoms with Crippen LogP contribution in [0.2, 0.25) is 0 Å². The molecule has 0 aromatic heterocycles. The van der Waals surface area contributed by atoms with Crippen molar-refractivity contribution in [2.45, 2.75) is 38.8 Å². The fourth-order valence-electron chi connectivity index (χ4n) is 3.13. The molecule has 0 bridgehead atoms. The largest absolute Gasteiger partial charge is 0.489 e. The van der Waals surface area contributed by atoms with Gasteiger partial charge in [0.25, 0.3) is 0 Å². The predicted molar refractivity (Wildman–Crippen MR) is 133 cm³/mol. The number of hydrogen-bond donors (Lipinski definition) is 3. The van der Waals surface area contributed by atoms with Gasteiger partial charge in [0.05, 0.1) is 6.54 Å². The monoisotopic (exact) mass is 540 g/mol. The second-order valence-electron chi connectivity index (χ2n) is 7.51. The van der Waals surface area contributed by atoms with E-state index in [2.05, 4.69) is 20.9 Å². The van der Waals surface area contributed by atoms with Gasteiger partial charge in [0.1, 0.15) is 17.7 Å². The predicted octanol–water partition coefficient (Wildman–Crippen LogP) is 4.31. The van der Waals surface area contributed by atoms with Crippen molar-refractivity contribution >= 4 is 41.5 Å². The van der Waals surface area contributed by atoms with Crippen LogP contribution in [0.4, 0.5) is 10.1 Å². The summed E-state index contributed by atoms with van der Waals surface area (Å²) < 4.78 is 19.0. The van der Waals surface area contributed by atoms with Crippen LogP contribution in [0.15, 0.2) is 53.5 Å². The maximum absolute atomic E-state index is 13.3. The second kappa shape index (κ2) is 12.5. The molecule has 1 aliphatic rings. The van der Waals surface area contributed by atoms with Crippen molar-refractivity contribution in [3.8, 4) is 5.75 Å². The summed E-state index contributed by atoms with van der Waals surface area (Å²) in [5.74, 6) is 1.07. The van der Waals surface area contributed by atoms with E-state index in [0.717, 1.165) is 30.5 Å². The number of nitrogens with one attached hydrogen (secondary N) is 3. The number of anilines is 1. The van der Waals surface area contributed by atoms with Crippen LogP contribution >= 0.6 is 24.0 Å². The highest BCUT2D eigenvalue weighted by Gasteiger charge is 2.25. The molecule has 1 unspecified atom stereocenters. The number of ether oxygens (including phenoxy) is 1. The molecule has 2 aromatic rings. The molecule has 3 rings (SSSR count). The van der Waals surface area contributed by atoms with E-state index < -0.39 is 0 Å². The van der Waals surface area contributed by atoms with Crippen LogP contribution in [0.1, 0.15) is 31.7 Å². The van der Waals surface area contributed by atoms with Crippen molar-refractivity contribution in [3.05, 3.63) is 59.9 Å². The molecular formula is C23H30FIN4O2. The van der Waals surface area contributed by atoms with E-state index >= 15 is 0 Å². The Morgan fingerprint density at radius 3 is 2.65 bits per heavy atom. The van der Waals surface area contributed by atoms with Crippen LogP contribution < -0.4 is 20.7 Å². The Hall–Kier alpha value is -2.36. The fraction of sp³-hybridized carbons (Fsp3) is 0.391. The number of halogens is 2. The molecule has 168 valence electrons. The third kappa shape index (κ3) is 8.01. The average molecular weight is 540 g/mol. The molecule has 1 atom stereocenters. The lowest BCUT2D eigenvalue weighted by Gasteiger charge is -2.24. The Morgan fingerprint density at radius 2 is 1.97 bits per heavy atom. The van der Waals surface area contributed by atoms with E-state index in [9.17, 15) is 9.18 Å². The van der Waals surface area contributed by atoms with Crippen LogP contribution in [-0.4, -0.2) is 31.6 Å². The van der Waals surface area contributed by atoms with Crippen LogP contribution in [0.5, 0.6) is 5.75 Å². The highest BCUT2D eigenvalue weighted by molar-refractivity contribution is 14.0. The lowest BCUT2D eigenvalue weighted by Crippen LogP contribution is -2.41. The molecule has 8 heteroatoms. The summed E-state index contributed by atoms with van der Waals surface area (Å²) in [6.45, 7) is 2.97. The van der Waals surface area contributed by atoms with Gasteiger partial charge in [0.15, 0.2) is 5.96 Å². The molecule has 6 nitrogen and oxygen atoms in total. The van der Waals surface area contributed by atoms with E-state index in [1.807, 2.05) is 31.2 Å². The SMILES string of the molecule is CN=C(NCc1cccc(NC(=O)C2CCC2)c1)NCC(C)Oc1cccc(F)c1.I. The molecule has 31 heavy (non-hydrogen) atoms. The van der Waals surface area contributed by atoms with Gasteiger partial charge in [-0.3, -0.25) is 9.79 Å². The summed E-state index contributed by atoms with van der Waals surface area (Å²) in [6.07, 6.45) is 2.93. The van der Waals surface area contributed by atoms with Gasteiger partial charge in [-0.25, -0.2) is 4.39 Å². The maximum Gasteiger partial charge on any atom is 0.227 e. The zero-order valence-corrected chi connectivity index (χ0v) is 20.2. The van der Waals surface area contributed by atoms with Gasteiger partial charge in [0.2, 0.25) is 5.91 Å². The van der Waals surface area contributed by atoms with Crippen LogP contribution in [-0.2, 0) is 11.3 Å². The van der Waals surface area contributed by atoms with Gasteiger partial charge in [-0.1, -0.05) is 24.6 Å². The Bertz CT molecular complexity index is 889. The maximum atomic E-state index is 13.3. The number of nitrogens with zero attached hydrogens (tertiary/aromatic N) is 1. The zero-order chi connectivity index (χ0) is 21.3. The standard InChI is InChI=1S/C23H29FN4O2.HI/c1-16(30-21-11-5-9-19(24)13-21)14-26-23(25-2)27-15-17-6-3-10-20(12-17)28-22(29)18-7-4-8-18;/h3,5-6,9-13,16,18H,4,7-8,14-15H2,1-2H3,(H,28,29)(H2,25,26,27);1H. The molecule has 3 N–H and O–H groups in total. The Labute approximate surface area is 200 Å². The third-order valence-corrected chi connectivity index (χ3v) is 5.04. The summed E-state index contributed by atoms with van der Waals surface area (Å²) in [5.41, 5.74) is 1.85. The quantitative estimate of drug-likeness (QED) is 0.265. The average Bonchev–Trinajstić information content (AvgIpc) is 2.67. The van der Waals surface area contributed by atoms with Crippen molar-refractivity contribution in [2.75, 3.05) is 18.9 Å². The number of aliphatic imine (C=N–C) groups is 1. The van der Waals surface area contributed by atoms with E-state index in [1.165, 1.54) is 12.1 Å². The minimum absolute atomic E-state index is 0. The minimum atomic E-state index is -0.323. The molecule has 1 saturated carbocycles. The number of carbonyl (C=O) groups is 1. The van der Waals surface area contributed by atoms with Crippen LogP contribution in [0.25, 0.3) is 0 Å². The third-order valence-electron chi connectivity index (χ3n) is 5.04. The van der Waals surface area contributed by atoms with Crippen molar-refractivity contribution in [3.63, 3.8) is 0 Å². The number of hydrogen-bond acceptors (Lipinski definition) is 3. The molecule has 0 aliphatic heterocycles. The summed E-state index contributed by atoms with van der Waals surface area (Å²) >= 11 is 0. The van der Waals surface area contributed by atoms with Gasteiger partial charge in [-0.2, -0.15) is 0 Å². The first-order valence-corrected chi connectivity index (χ1v) is 10.3. The first kappa shape index (κ1) is 24.9. The number of carbonyl (C=O) groups excluding carboxylic acids is 1. The molecular weight excluding hydrogens is 510 g/mol. The van der Waals surface area contributed by atoms with Crippen molar-refractivity contribution < 1.29 is 13.9 Å². The summed E-state index contributed by atoms with van der Waals surface area (Å²) in [4.78, 5) is 16.3. The summed E-state index contributed by atoms with van der Waals surface area (Å²) in [6, 6.07) is 13.9. The van der Waals surface area contributed by atoms with Gasteiger partial charge in [0, 0.05) is 31.3 Å². The normalized spacial score (nSPS) is 14.6. The molecule has 1 fully saturated rings. The van der Waals surface area contributed by atoms with E-state index in [1.54, 1.807) is 19.2 Å². The molecule has 0 radical (unpaired) electrons. The molecule has 1 aliphatic carbocycles. The van der Waals surface area contributed by atoms with Gasteiger partial charge < -0.3 is 20.7 Å². The highest BCUT2D eigenvalue weighted by atomic mass is 127. The van der Waals surface area contributed by atoms with Crippen LogP contribution in [0.3, 0.4) is 0 Å². The number of benzene rings is 2. The first-order chi connectivity index (χ1) is 14.5. The Morgan fingerprint density at radius 1 is 1.19 bits per heavy atom. The minimum Gasteiger partial charge on any atom is -0.489 e. The van der Waals surface area contributed by atoms with Crippen molar-refractivity contribution in [1.82, 2.24) is 10.6 Å². The van der Waals surface area contributed by atoms with E-state index in [0.29, 0.717) is 24.8 Å². The second-order valence-corrected chi connectivity index (χ2v) is 7.51. The Balaban J connectivity index is 0.00000341. The number of guanidine groups is 1. The van der Waals surface area contributed by atoms with Crippen LogP contribution in [0, 0.1) is 11.7 Å². The van der Waals surface area contributed by atoms with Gasteiger partial charge in [-0.05, 0) is 49.6 Å². The first-order valence-electron chi connectivity index (χ1n) is 10.3. The number of rotatable bonds is 8. The van der Waals surface area contributed by atoms with E-state index in [4.69, 9.17) is 4.74 Å². The topological polar surface area (TPSA) is 74.8 Å². The van der Waals surface area contributed by atoms with E-state index in [-0.39, 0.29) is 47.7 Å². The molecule has 0 heterocycles. The van der Waals surface area contributed by atoms with Crippen molar-refractivity contribution in [1.29, 1.82) is 0 Å². The van der Waals surface area contributed by atoms with Gasteiger partial charge in [-0.15, -0.1) is 24.0 Å². The lowest BCUT2D eigenvalue weighted by molar-refractivity contribution is -0.122. The van der Waals surface area contributed by atoms with Gasteiger partial charge >= 0.3 is 0 Å². The molecule has 1 amide bonds. The zero-order valence-electron chi connectivity index (χ0n) is 17.9.